The standard InChI is InChI=1S/C18H23N5O3/c19-16(24)15-14(22-9-2-1-3-10-22)8-11-23(15)13-6-4-12(5-7-13)17-20-18(25)26-21-17/h4-7,14-15H,1-3,8-11H2,(H2,19,24)(H,20,21,25)/t14-,15+/m1/s1. The molecule has 138 valence electrons. The van der Waals surface area contributed by atoms with Gasteiger partial charge in [0.25, 0.3) is 0 Å². The van der Waals surface area contributed by atoms with Gasteiger partial charge in [0.2, 0.25) is 5.91 Å². The zero-order valence-electron chi connectivity index (χ0n) is 14.6. The molecule has 2 aliphatic rings. The molecule has 4 rings (SSSR count). The predicted molar refractivity (Wildman–Crippen MR) is 96.7 cm³/mol. The van der Waals surface area contributed by atoms with E-state index in [2.05, 4.69) is 24.5 Å². The van der Waals surface area contributed by atoms with Gasteiger partial charge in [-0.05, 0) is 56.6 Å². The van der Waals surface area contributed by atoms with Crippen molar-refractivity contribution in [1.29, 1.82) is 0 Å². The van der Waals surface area contributed by atoms with Crippen LogP contribution in [0.3, 0.4) is 0 Å². The molecule has 2 aromatic rings. The number of nitrogens with two attached hydrogens (primary N) is 1. The second kappa shape index (κ2) is 6.95. The quantitative estimate of drug-likeness (QED) is 0.843. The highest BCUT2D eigenvalue weighted by atomic mass is 16.5. The number of anilines is 1. The van der Waals surface area contributed by atoms with E-state index in [1.165, 1.54) is 19.3 Å². The molecular formula is C18H23N5O3. The smallest absolute Gasteiger partial charge is 0.368 e. The number of hydrogen-bond acceptors (Lipinski definition) is 6. The molecule has 3 heterocycles. The Morgan fingerprint density at radius 3 is 2.50 bits per heavy atom. The predicted octanol–water partition coefficient (Wildman–Crippen LogP) is 0.948. The van der Waals surface area contributed by atoms with E-state index in [0.29, 0.717) is 5.82 Å². The number of primary amides is 1. The Morgan fingerprint density at radius 2 is 1.88 bits per heavy atom. The van der Waals surface area contributed by atoms with Crippen molar-refractivity contribution in [2.45, 2.75) is 37.8 Å². The third kappa shape index (κ3) is 3.12. The van der Waals surface area contributed by atoms with Crippen molar-refractivity contribution in [1.82, 2.24) is 15.0 Å². The molecule has 0 unspecified atom stereocenters. The number of piperidine rings is 1. The number of aromatic nitrogens is 2. The molecule has 2 fully saturated rings. The molecule has 0 radical (unpaired) electrons. The van der Waals surface area contributed by atoms with Crippen LogP contribution in [-0.4, -0.2) is 52.7 Å². The van der Waals surface area contributed by atoms with Gasteiger partial charge in [-0.2, -0.15) is 0 Å². The Kier molecular flexibility index (Phi) is 4.50. The molecule has 2 aliphatic heterocycles. The van der Waals surface area contributed by atoms with E-state index < -0.39 is 5.76 Å². The lowest BCUT2D eigenvalue weighted by atomic mass is 10.0. The molecule has 1 amide bonds. The van der Waals surface area contributed by atoms with Crippen LogP contribution in [0.2, 0.25) is 0 Å². The molecule has 2 atom stereocenters. The molecule has 0 aliphatic carbocycles. The van der Waals surface area contributed by atoms with Crippen LogP contribution in [0.4, 0.5) is 5.69 Å². The summed E-state index contributed by atoms with van der Waals surface area (Å²) in [5.41, 5.74) is 7.48. The largest absolute Gasteiger partial charge is 0.439 e. The second-order valence-corrected chi connectivity index (χ2v) is 6.98. The third-order valence-electron chi connectivity index (χ3n) is 5.43. The molecule has 1 aromatic heterocycles. The van der Waals surface area contributed by atoms with E-state index >= 15 is 0 Å². The van der Waals surface area contributed by atoms with Crippen molar-refractivity contribution in [2.24, 2.45) is 5.73 Å². The van der Waals surface area contributed by atoms with Crippen LogP contribution in [0.1, 0.15) is 25.7 Å². The fraction of sp³-hybridized carbons (Fsp3) is 0.500. The van der Waals surface area contributed by atoms with Gasteiger partial charge in [0.05, 0.1) is 0 Å². The van der Waals surface area contributed by atoms with Crippen LogP contribution in [-0.2, 0) is 4.79 Å². The van der Waals surface area contributed by atoms with Crippen LogP contribution in [0.25, 0.3) is 11.4 Å². The monoisotopic (exact) mass is 357 g/mol. The van der Waals surface area contributed by atoms with Crippen LogP contribution in [0, 0.1) is 0 Å². The van der Waals surface area contributed by atoms with E-state index in [1.54, 1.807) is 0 Å². The first-order valence-electron chi connectivity index (χ1n) is 9.10. The Bertz CT molecular complexity index is 822. The number of nitrogens with zero attached hydrogens (tertiary/aromatic N) is 3. The zero-order chi connectivity index (χ0) is 18.1. The fourth-order valence-corrected chi connectivity index (χ4v) is 4.21. The van der Waals surface area contributed by atoms with Gasteiger partial charge in [-0.25, -0.2) is 4.79 Å². The molecule has 1 aromatic carbocycles. The highest BCUT2D eigenvalue weighted by Crippen LogP contribution is 2.31. The summed E-state index contributed by atoms with van der Waals surface area (Å²) < 4.78 is 4.54. The van der Waals surface area contributed by atoms with Crippen LogP contribution < -0.4 is 16.4 Å². The summed E-state index contributed by atoms with van der Waals surface area (Å²) in [5.74, 6) is -0.467. The van der Waals surface area contributed by atoms with Gasteiger partial charge in [-0.1, -0.05) is 11.6 Å². The summed E-state index contributed by atoms with van der Waals surface area (Å²) in [4.78, 5) is 30.4. The van der Waals surface area contributed by atoms with Gasteiger partial charge in [0.15, 0.2) is 5.82 Å². The lowest BCUT2D eigenvalue weighted by Crippen LogP contribution is -2.53. The average molecular weight is 357 g/mol. The Hall–Kier alpha value is -2.61. The minimum atomic E-state index is -0.582. The van der Waals surface area contributed by atoms with Gasteiger partial charge in [0, 0.05) is 23.8 Å². The van der Waals surface area contributed by atoms with Gasteiger partial charge < -0.3 is 10.6 Å². The number of nitrogens with one attached hydrogen (secondary N) is 1. The summed E-state index contributed by atoms with van der Waals surface area (Å²) >= 11 is 0. The zero-order valence-corrected chi connectivity index (χ0v) is 14.6. The molecule has 8 nitrogen and oxygen atoms in total. The highest BCUT2D eigenvalue weighted by Gasteiger charge is 2.41. The van der Waals surface area contributed by atoms with Crippen molar-refractivity contribution in [3.63, 3.8) is 0 Å². The Labute approximate surface area is 150 Å². The van der Waals surface area contributed by atoms with Gasteiger partial charge >= 0.3 is 5.76 Å². The Balaban J connectivity index is 1.56. The van der Waals surface area contributed by atoms with Gasteiger partial charge in [0.1, 0.15) is 6.04 Å². The van der Waals surface area contributed by atoms with E-state index in [-0.39, 0.29) is 18.0 Å². The maximum atomic E-state index is 12.2. The van der Waals surface area contributed by atoms with E-state index in [1.807, 2.05) is 24.3 Å². The summed E-state index contributed by atoms with van der Waals surface area (Å²) in [6.45, 7) is 2.89. The number of rotatable bonds is 4. The molecule has 0 saturated carbocycles. The summed E-state index contributed by atoms with van der Waals surface area (Å²) in [7, 11) is 0. The number of carbonyl (C=O) groups is 1. The molecule has 26 heavy (non-hydrogen) atoms. The number of hydrogen-bond donors (Lipinski definition) is 2. The van der Waals surface area contributed by atoms with Crippen LogP contribution >= 0.6 is 0 Å². The maximum absolute atomic E-state index is 12.2. The molecular weight excluding hydrogens is 334 g/mol. The topological polar surface area (TPSA) is 108 Å². The fourth-order valence-electron chi connectivity index (χ4n) is 4.21. The van der Waals surface area contributed by atoms with Crippen LogP contribution in [0.15, 0.2) is 33.6 Å². The van der Waals surface area contributed by atoms with Crippen molar-refractivity contribution in [3.8, 4) is 11.4 Å². The van der Waals surface area contributed by atoms with E-state index in [9.17, 15) is 9.59 Å². The number of benzene rings is 1. The number of likely N-dealkylation sites (tertiary alicyclic amines) is 1. The number of amides is 1. The normalized spacial score (nSPS) is 24.1. The minimum absolute atomic E-state index is 0.180. The summed E-state index contributed by atoms with van der Waals surface area (Å²) in [6.07, 6.45) is 4.57. The number of carbonyl (C=O) groups excluding carboxylic acids is 1. The minimum Gasteiger partial charge on any atom is -0.368 e. The van der Waals surface area contributed by atoms with Crippen molar-refractivity contribution >= 4 is 11.6 Å². The highest BCUT2D eigenvalue weighted by molar-refractivity contribution is 5.85. The number of aromatic amines is 1. The first-order valence-corrected chi connectivity index (χ1v) is 9.10. The average Bonchev–Trinajstić information content (AvgIpc) is 3.29. The van der Waals surface area contributed by atoms with Crippen molar-refractivity contribution in [2.75, 3.05) is 24.5 Å². The third-order valence-corrected chi connectivity index (χ3v) is 5.43. The first kappa shape index (κ1) is 16.8. The maximum Gasteiger partial charge on any atom is 0.439 e. The number of H-pyrrole nitrogens is 1. The SMILES string of the molecule is NC(=O)[C@@H]1[C@H](N2CCCCC2)CCN1c1ccc(-c2noc(=O)[nH]2)cc1. The van der Waals surface area contributed by atoms with Crippen LogP contribution in [0.5, 0.6) is 0 Å². The summed E-state index contributed by atoms with van der Waals surface area (Å²) in [6, 6.07) is 7.43. The molecule has 2 saturated heterocycles. The molecule has 8 heteroatoms. The lowest BCUT2D eigenvalue weighted by molar-refractivity contribution is -0.120. The summed E-state index contributed by atoms with van der Waals surface area (Å²) in [5, 5.41) is 3.69. The van der Waals surface area contributed by atoms with Crippen molar-refractivity contribution < 1.29 is 9.32 Å². The van der Waals surface area contributed by atoms with Gasteiger partial charge in [-0.3, -0.25) is 19.2 Å². The van der Waals surface area contributed by atoms with E-state index in [0.717, 1.165) is 37.3 Å². The first-order chi connectivity index (χ1) is 12.6. The van der Waals surface area contributed by atoms with Crippen molar-refractivity contribution in [3.05, 3.63) is 34.8 Å². The molecule has 0 spiro atoms. The Morgan fingerprint density at radius 1 is 1.15 bits per heavy atom. The second-order valence-electron chi connectivity index (χ2n) is 6.98. The van der Waals surface area contributed by atoms with E-state index in [4.69, 9.17) is 5.73 Å². The lowest BCUT2D eigenvalue weighted by Gasteiger charge is -2.36. The molecule has 3 N–H and O–H groups in total. The van der Waals surface area contributed by atoms with Gasteiger partial charge in [-0.15, -0.1) is 0 Å². The molecule has 0 bridgehead atoms.